The van der Waals surface area contributed by atoms with Crippen LogP contribution >= 0.6 is 24.0 Å². The van der Waals surface area contributed by atoms with E-state index in [9.17, 15) is 0 Å². The zero-order chi connectivity index (χ0) is 14.9. The van der Waals surface area contributed by atoms with E-state index >= 15 is 0 Å². The highest BCUT2D eigenvalue weighted by Crippen LogP contribution is 2.27. The molecule has 1 aliphatic carbocycles. The first-order valence-corrected chi connectivity index (χ1v) is 8.06. The number of fused-ring (bicyclic) bond motifs is 1. The van der Waals surface area contributed by atoms with Crippen molar-refractivity contribution in [1.82, 2.24) is 0 Å². The van der Waals surface area contributed by atoms with Crippen molar-refractivity contribution in [3.8, 4) is 0 Å². The van der Waals surface area contributed by atoms with Crippen LogP contribution in [0.25, 0.3) is 0 Å². The third-order valence-corrected chi connectivity index (χ3v) is 3.84. The Balaban J connectivity index is 0.00000242. The van der Waals surface area contributed by atoms with E-state index in [0.29, 0.717) is 5.96 Å². The van der Waals surface area contributed by atoms with E-state index in [1.54, 1.807) is 0 Å². The molecule has 0 bridgehead atoms. The van der Waals surface area contributed by atoms with Crippen LogP contribution in [-0.4, -0.2) is 25.7 Å². The first-order valence-electron chi connectivity index (χ1n) is 8.06. The summed E-state index contributed by atoms with van der Waals surface area (Å²) in [5.74, 6) is 0.519. The van der Waals surface area contributed by atoms with E-state index in [0.717, 1.165) is 44.7 Å². The fourth-order valence-corrected chi connectivity index (χ4v) is 2.74. The van der Waals surface area contributed by atoms with Crippen molar-refractivity contribution in [2.45, 2.75) is 45.4 Å². The van der Waals surface area contributed by atoms with Gasteiger partial charge in [-0.2, -0.15) is 0 Å². The first-order chi connectivity index (χ1) is 10.3. The number of nitrogens with one attached hydrogen (secondary N) is 1. The zero-order valence-electron chi connectivity index (χ0n) is 13.4. The van der Waals surface area contributed by atoms with Crippen LogP contribution in [0.4, 0.5) is 5.69 Å². The zero-order valence-corrected chi connectivity index (χ0v) is 15.8. The molecule has 0 aromatic heterocycles. The molecular weight excluding hydrogens is 389 g/mol. The molecule has 0 saturated carbocycles. The van der Waals surface area contributed by atoms with Crippen molar-refractivity contribution in [3.63, 3.8) is 0 Å². The van der Waals surface area contributed by atoms with Gasteiger partial charge in [0.15, 0.2) is 5.96 Å². The van der Waals surface area contributed by atoms with Gasteiger partial charge in [0.25, 0.3) is 0 Å². The van der Waals surface area contributed by atoms with E-state index in [4.69, 9.17) is 10.5 Å². The second-order valence-corrected chi connectivity index (χ2v) is 5.45. The van der Waals surface area contributed by atoms with Crippen LogP contribution in [0.3, 0.4) is 0 Å². The molecule has 1 aromatic rings. The van der Waals surface area contributed by atoms with Crippen LogP contribution in [0, 0.1) is 0 Å². The molecule has 0 atom stereocenters. The number of halogens is 1. The van der Waals surface area contributed by atoms with Gasteiger partial charge in [-0.05, 0) is 62.6 Å². The lowest BCUT2D eigenvalue weighted by Gasteiger charge is -2.19. The van der Waals surface area contributed by atoms with Crippen LogP contribution in [0.5, 0.6) is 0 Å². The third kappa shape index (κ3) is 6.12. The molecule has 0 amide bonds. The van der Waals surface area contributed by atoms with Crippen molar-refractivity contribution >= 4 is 35.6 Å². The number of hydrogen-bond donors (Lipinski definition) is 2. The van der Waals surface area contributed by atoms with Crippen molar-refractivity contribution < 1.29 is 4.74 Å². The van der Waals surface area contributed by atoms with Crippen LogP contribution in [0.2, 0.25) is 0 Å². The Hall–Kier alpha value is -0.820. The lowest BCUT2D eigenvalue weighted by atomic mass is 9.90. The lowest BCUT2D eigenvalue weighted by molar-refractivity contribution is 0.144. The average molecular weight is 417 g/mol. The number of aliphatic imine (C=N–C) groups is 1. The minimum atomic E-state index is 0. The number of hydrogen-bond acceptors (Lipinski definition) is 2. The number of nitrogens with two attached hydrogens (primary N) is 1. The van der Waals surface area contributed by atoms with Gasteiger partial charge < -0.3 is 15.8 Å². The Kier molecular flexibility index (Phi) is 9.47. The highest BCUT2D eigenvalue weighted by Gasteiger charge is 2.12. The molecule has 1 aromatic carbocycles. The molecule has 5 heteroatoms. The molecule has 0 heterocycles. The topological polar surface area (TPSA) is 59.6 Å². The van der Waals surface area contributed by atoms with Crippen molar-refractivity contribution in [3.05, 3.63) is 29.3 Å². The summed E-state index contributed by atoms with van der Waals surface area (Å²) in [5, 5.41) is 3.27. The molecule has 3 N–H and O–H groups in total. The van der Waals surface area contributed by atoms with Crippen molar-refractivity contribution in [2.24, 2.45) is 10.7 Å². The highest BCUT2D eigenvalue weighted by atomic mass is 127. The molecule has 0 radical (unpaired) electrons. The minimum Gasteiger partial charge on any atom is -0.382 e. The van der Waals surface area contributed by atoms with Gasteiger partial charge in [-0.1, -0.05) is 12.1 Å². The molecular formula is C17H28IN3O. The normalized spacial score (nSPS) is 14.1. The molecule has 22 heavy (non-hydrogen) atoms. The maximum Gasteiger partial charge on any atom is 0.193 e. The summed E-state index contributed by atoms with van der Waals surface area (Å²) in [6.07, 6.45) is 6.92. The Morgan fingerprint density at radius 2 is 2.09 bits per heavy atom. The van der Waals surface area contributed by atoms with E-state index in [-0.39, 0.29) is 24.0 Å². The number of nitrogens with zero attached hydrogens (tertiary/aromatic N) is 1. The van der Waals surface area contributed by atoms with Gasteiger partial charge in [0.05, 0.1) is 0 Å². The number of rotatable bonds is 7. The Morgan fingerprint density at radius 1 is 1.27 bits per heavy atom. The summed E-state index contributed by atoms with van der Waals surface area (Å²) < 4.78 is 5.30. The fraction of sp³-hybridized carbons (Fsp3) is 0.588. The second-order valence-electron chi connectivity index (χ2n) is 5.45. The summed E-state index contributed by atoms with van der Waals surface area (Å²) >= 11 is 0. The largest absolute Gasteiger partial charge is 0.382 e. The van der Waals surface area contributed by atoms with Gasteiger partial charge in [0.2, 0.25) is 0 Å². The van der Waals surface area contributed by atoms with Crippen LogP contribution in [0.15, 0.2) is 23.2 Å². The van der Waals surface area contributed by atoms with E-state index in [1.165, 1.54) is 30.4 Å². The second kappa shape index (κ2) is 10.8. The molecule has 1 aliphatic rings. The standard InChI is InChI=1S/C17H27N3O.HI/c1-2-21-13-6-5-12-19-17(18)20-16-11-7-9-14-8-3-4-10-15(14)16;/h7,9,11H,2-6,8,10,12-13H2,1H3,(H3,18,19,20);1H. The molecule has 124 valence electrons. The Bertz CT molecular complexity index is 477. The van der Waals surface area contributed by atoms with E-state index in [1.807, 2.05) is 6.92 Å². The predicted molar refractivity (Wildman–Crippen MR) is 104 cm³/mol. The van der Waals surface area contributed by atoms with Gasteiger partial charge in [-0.15, -0.1) is 24.0 Å². The van der Waals surface area contributed by atoms with Gasteiger partial charge in [-0.25, -0.2) is 0 Å². The summed E-state index contributed by atoms with van der Waals surface area (Å²) in [6.45, 7) is 4.36. The number of guanidine groups is 1. The maximum absolute atomic E-state index is 5.99. The Labute approximate surface area is 150 Å². The fourth-order valence-electron chi connectivity index (χ4n) is 2.74. The van der Waals surface area contributed by atoms with Gasteiger partial charge in [0.1, 0.15) is 0 Å². The molecule has 4 nitrogen and oxygen atoms in total. The van der Waals surface area contributed by atoms with Crippen molar-refractivity contribution in [1.29, 1.82) is 0 Å². The van der Waals surface area contributed by atoms with Gasteiger partial charge >= 0.3 is 0 Å². The molecule has 0 aliphatic heterocycles. The Morgan fingerprint density at radius 3 is 2.91 bits per heavy atom. The highest BCUT2D eigenvalue weighted by molar-refractivity contribution is 14.0. The lowest BCUT2D eigenvalue weighted by Crippen LogP contribution is -2.24. The SMILES string of the molecule is CCOCCCCN=C(N)Nc1cccc2c1CCCC2.I. The summed E-state index contributed by atoms with van der Waals surface area (Å²) in [5.41, 5.74) is 9.98. The van der Waals surface area contributed by atoms with Crippen LogP contribution in [0.1, 0.15) is 43.7 Å². The van der Waals surface area contributed by atoms with Crippen LogP contribution < -0.4 is 11.1 Å². The van der Waals surface area contributed by atoms with Gasteiger partial charge in [-0.3, -0.25) is 4.99 Å². The number of anilines is 1. The first kappa shape index (κ1) is 19.2. The monoisotopic (exact) mass is 417 g/mol. The summed E-state index contributed by atoms with van der Waals surface area (Å²) in [4.78, 5) is 4.39. The van der Waals surface area contributed by atoms with Gasteiger partial charge in [0, 0.05) is 25.4 Å². The van der Waals surface area contributed by atoms with E-state index < -0.39 is 0 Å². The minimum absolute atomic E-state index is 0. The number of ether oxygens (including phenoxy) is 1. The molecule has 2 rings (SSSR count). The third-order valence-electron chi connectivity index (χ3n) is 3.84. The smallest absolute Gasteiger partial charge is 0.193 e. The van der Waals surface area contributed by atoms with E-state index in [2.05, 4.69) is 28.5 Å². The predicted octanol–water partition coefficient (Wildman–Crippen LogP) is 3.73. The van der Waals surface area contributed by atoms with Crippen LogP contribution in [-0.2, 0) is 17.6 Å². The summed E-state index contributed by atoms with van der Waals surface area (Å²) in [7, 11) is 0. The average Bonchev–Trinajstić information content (AvgIpc) is 2.51. The number of aryl methyl sites for hydroxylation is 1. The molecule has 0 fully saturated rings. The summed E-state index contributed by atoms with van der Waals surface area (Å²) in [6, 6.07) is 6.42. The number of unbranched alkanes of at least 4 members (excludes halogenated alkanes) is 1. The van der Waals surface area contributed by atoms with Crippen molar-refractivity contribution in [2.75, 3.05) is 25.1 Å². The number of benzene rings is 1. The maximum atomic E-state index is 5.99. The molecule has 0 saturated heterocycles. The molecule has 0 spiro atoms. The quantitative estimate of drug-likeness (QED) is 0.308. The molecule has 0 unspecified atom stereocenters.